The first-order valence-corrected chi connectivity index (χ1v) is 9.29. The Morgan fingerprint density at radius 3 is 1.60 bits per heavy atom. The Balaban J connectivity index is 0. The molecule has 0 spiro atoms. The van der Waals surface area contributed by atoms with Crippen molar-refractivity contribution in [2.24, 2.45) is 0 Å². The summed E-state index contributed by atoms with van der Waals surface area (Å²) >= 11 is 0. The maximum absolute atomic E-state index is 11.5. The van der Waals surface area contributed by atoms with Crippen LogP contribution < -0.4 is 67.1 Å². The molecule has 0 aliphatic heterocycles. The van der Waals surface area contributed by atoms with Gasteiger partial charge in [0.15, 0.2) is 0 Å². The van der Waals surface area contributed by atoms with Gasteiger partial charge in [0.25, 0.3) is 0 Å². The molecule has 6 nitrogen and oxygen atoms in total. The van der Waals surface area contributed by atoms with E-state index in [1.165, 1.54) is 51.4 Å². The largest absolute Gasteiger partial charge is 1.00 e. The number of carboxylic acids is 1. The zero-order valence-electron chi connectivity index (χ0n) is 16.0. The molecule has 140 valence electrons. The molecule has 0 heterocycles. The maximum Gasteiger partial charge on any atom is 1.00 e. The van der Waals surface area contributed by atoms with Gasteiger partial charge in [0.1, 0.15) is 0 Å². The number of aliphatic carboxylic acids is 1. The monoisotopic (exact) mass is 380 g/mol. The van der Waals surface area contributed by atoms with E-state index < -0.39 is 18.4 Å². The topological polar surface area (TPSA) is 98.3 Å². The Hall–Kier alpha value is 0.0464. The number of hydrogen-bond donors (Lipinski definition) is 2. The Bertz CT molecular complexity index is 365. The molecule has 0 aromatic carbocycles. The number of carbonyl (C=O) groups excluding carboxylic acids is 3. The minimum atomic E-state index is -1.35. The van der Waals surface area contributed by atoms with Crippen molar-refractivity contribution in [2.75, 3.05) is 13.1 Å². The third kappa shape index (κ3) is 22.0. The van der Waals surface area contributed by atoms with Crippen molar-refractivity contribution in [3.05, 3.63) is 0 Å². The van der Waals surface area contributed by atoms with Crippen molar-refractivity contribution in [1.82, 2.24) is 10.6 Å². The Labute approximate surface area is 194 Å². The molecule has 0 rings (SSSR count). The molecule has 0 fully saturated rings. The van der Waals surface area contributed by atoms with Gasteiger partial charge in [-0.25, -0.2) is 0 Å². The van der Waals surface area contributed by atoms with E-state index in [2.05, 4.69) is 17.6 Å². The predicted octanol–water partition coefficient (Wildman–Crippen LogP) is -1.33. The van der Waals surface area contributed by atoms with Crippen LogP contribution in [0.15, 0.2) is 0 Å². The van der Waals surface area contributed by atoms with Crippen LogP contribution in [0, 0.1) is 0 Å². The van der Waals surface area contributed by atoms with Crippen molar-refractivity contribution >= 4 is 17.8 Å². The number of nitrogens with one attached hydrogen (secondary N) is 2. The van der Waals surface area contributed by atoms with Gasteiger partial charge in [0.05, 0.1) is 19.1 Å². The molecule has 0 bridgehead atoms. The first-order chi connectivity index (χ1) is 11.6. The van der Waals surface area contributed by atoms with Crippen molar-refractivity contribution in [3.8, 4) is 0 Å². The van der Waals surface area contributed by atoms with Crippen LogP contribution in [0.1, 0.15) is 84.0 Å². The first kappa shape index (κ1) is 27.3. The van der Waals surface area contributed by atoms with Gasteiger partial charge in [0.2, 0.25) is 11.8 Å². The zero-order valence-corrected chi connectivity index (χ0v) is 19.2. The summed E-state index contributed by atoms with van der Waals surface area (Å²) in [6.45, 7) is 1.50. The van der Waals surface area contributed by atoms with Gasteiger partial charge in [-0.1, -0.05) is 71.1 Å². The van der Waals surface area contributed by atoms with E-state index in [1.54, 1.807) is 0 Å². The number of carboxylic acid groups (broad SMARTS) is 1. The summed E-state index contributed by atoms with van der Waals surface area (Å²) in [5.74, 6) is -2.04. The third-order valence-electron chi connectivity index (χ3n) is 3.88. The Morgan fingerprint density at radius 2 is 1.12 bits per heavy atom. The van der Waals surface area contributed by atoms with E-state index in [1.807, 2.05) is 0 Å². The molecule has 0 atom stereocenters. The molecule has 0 radical (unpaired) electrons. The van der Waals surface area contributed by atoms with Gasteiger partial charge in [0, 0.05) is 6.42 Å². The molecule has 2 amide bonds. The normalized spacial score (nSPS) is 9.96. The molecule has 0 saturated carbocycles. The van der Waals surface area contributed by atoms with Crippen LogP contribution in [0.4, 0.5) is 0 Å². The Kier molecular flexibility index (Phi) is 22.2. The number of unbranched alkanes of at least 4 members (excludes halogenated alkanes) is 10. The van der Waals surface area contributed by atoms with Gasteiger partial charge in [-0.2, -0.15) is 0 Å². The van der Waals surface area contributed by atoms with E-state index in [0.29, 0.717) is 6.42 Å². The minimum Gasteiger partial charge on any atom is -0.548 e. The molecular formula is C18H33KN2O4. The van der Waals surface area contributed by atoms with Crippen LogP contribution in [-0.4, -0.2) is 30.9 Å². The molecule has 0 aliphatic rings. The van der Waals surface area contributed by atoms with E-state index in [4.69, 9.17) is 0 Å². The Morgan fingerprint density at radius 1 is 0.680 bits per heavy atom. The fraction of sp³-hybridized carbons (Fsp3) is 0.833. The molecule has 7 heteroatoms. The molecule has 0 aromatic rings. The van der Waals surface area contributed by atoms with E-state index >= 15 is 0 Å². The second-order valence-corrected chi connectivity index (χ2v) is 6.21. The number of rotatable bonds is 16. The fourth-order valence-electron chi connectivity index (χ4n) is 2.45. The smallest absolute Gasteiger partial charge is 0.548 e. The van der Waals surface area contributed by atoms with Crippen molar-refractivity contribution in [3.63, 3.8) is 0 Å². The fourth-order valence-corrected chi connectivity index (χ4v) is 2.45. The maximum atomic E-state index is 11.5. The average molecular weight is 381 g/mol. The number of hydrogen-bond acceptors (Lipinski definition) is 4. The summed E-state index contributed by atoms with van der Waals surface area (Å²) in [4.78, 5) is 32.9. The SMILES string of the molecule is CCCCCCCCCCCCCC(=O)NCC(=O)NCC(=O)[O-].[K+]. The summed E-state index contributed by atoms with van der Waals surface area (Å²) in [7, 11) is 0. The summed E-state index contributed by atoms with van der Waals surface area (Å²) < 4.78 is 0. The number of amides is 2. The molecule has 0 aromatic heterocycles. The molecule has 0 unspecified atom stereocenters. The molecule has 25 heavy (non-hydrogen) atoms. The second kappa shape index (κ2) is 20.4. The van der Waals surface area contributed by atoms with Gasteiger partial charge in [-0.05, 0) is 6.42 Å². The van der Waals surface area contributed by atoms with Crippen LogP contribution in [0.5, 0.6) is 0 Å². The molecule has 0 saturated heterocycles. The predicted molar refractivity (Wildman–Crippen MR) is 92.1 cm³/mol. The quantitative estimate of drug-likeness (QED) is 0.256. The van der Waals surface area contributed by atoms with E-state index in [9.17, 15) is 19.5 Å². The summed E-state index contributed by atoms with van der Waals surface area (Å²) in [6.07, 6.45) is 13.9. The van der Waals surface area contributed by atoms with Crippen molar-refractivity contribution < 1.29 is 70.9 Å². The summed E-state index contributed by atoms with van der Waals surface area (Å²) in [5.41, 5.74) is 0. The van der Waals surface area contributed by atoms with Gasteiger partial charge in [-0.15, -0.1) is 0 Å². The van der Waals surface area contributed by atoms with Crippen LogP contribution in [-0.2, 0) is 14.4 Å². The van der Waals surface area contributed by atoms with E-state index in [-0.39, 0.29) is 63.8 Å². The molecular weight excluding hydrogens is 347 g/mol. The average Bonchev–Trinajstić information content (AvgIpc) is 2.56. The van der Waals surface area contributed by atoms with Gasteiger partial charge >= 0.3 is 51.4 Å². The summed E-state index contributed by atoms with van der Waals surface area (Å²) in [5, 5.41) is 14.8. The van der Waals surface area contributed by atoms with Gasteiger partial charge < -0.3 is 20.5 Å². The number of carbonyl (C=O) groups is 3. The zero-order chi connectivity index (χ0) is 18.0. The molecule has 0 aliphatic carbocycles. The van der Waals surface area contributed by atoms with Crippen LogP contribution >= 0.6 is 0 Å². The van der Waals surface area contributed by atoms with Crippen molar-refractivity contribution in [2.45, 2.75) is 84.0 Å². The van der Waals surface area contributed by atoms with E-state index in [0.717, 1.165) is 19.3 Å². The van der Waals surface area contributed by atoms with Gasteiger partial charge in [-0.3, -0.25) is 9.59 Å². The van der Waals surface area contributed by atoms with Crippen LogP contribution in [0.2, 0.25) is 0 Å². The standard InChI is InChI=1S/C18H34N2O4.K/c1-2-3-4-5-6-7-8-9-10-11-12-13-16(21)19-14-17(22)20-15-18(23)24;/h2-15H2,1H3,(H,19,21)(H,20,22)(H,23,24);/q;+1/p-1. The van der Waals surface area contributed by atoms with Crippen LogP contribution in [0.3, 0.4) is 0 Å². The first-order valence-electron chi connectivity index (χ1n) is 9.29. The third-order valence-corrected chi connectivity index (χ3v) is 3.88. The second-order valence-electron chi connectivity index (χ2n) is 6.21. The van der Waals surface area contributed by atoms with Crippen LogP contribution in [0.25, 0.3) is 0 Å². The van der Waals surface area contributed by atoms with Crippen molar-refractivity contribution in [1.29, 1.82) is 0 Å². The summed E-state index contributed by atoms with van der Waals surface area (Å²) in [6, 6.07) is 0. The molecule has 2 N–H and O–H groups in total. The minimum absolute atomic E-state index is 0.